The second-order valence-electron chi connectivity index (χ2n) is 3.46. The van der Waals surface area contributed by atoms with Gasteiger partial charge in [0, 0.05) is 6.04 Å². The van der Waals surface area contributed by atoms with Crippen LogP contribution in [-0.2, 0) is 0 Å². The Morgan fingerprint density at radius 3 is 2.54 bits per heavy atom. The average molecular weight is 179 g/mol. The molecule has 0 saturated heterocycles. The van der Waals surface area contributed by atoms with E-state index in [0.717, 1.165) is 19.3 Å². The molecule has 0 aromatic carbocycles. The van der Waals surface area contributed by atoms with E-state index >= 15 is 0 Å². The molecule has 0 rings (SSSR count). The summed E-state index contributed by atoms with van der Waals surface area (Å²) in [5.74, 6) is 0.592. The van der Waals surface area contributed by atoms with Crippen LogP contribution in [0.5, 0.6) is 0 Å². The maximum Gasteiger partial charge on any atom is 0.00735 e. The van der Waals surface area contributed by atoms with Crippen LogP contribution in [0.1, 0.15) is 26.2 Å². The van der Waals surface area contributed by atoms with Gasteiger partial charge in [0.05, 0.1) is 0 Å². The van der Waals surface area contributed by atoms with Crippen molar-refractivity contribution in [2.24, 2.45) is 11.7 Å². The summed E-state index contributed by atoms with van der Waals surface area (Å²) in [6, 6.07) is 0.275. The lowest BCUT2D eigenvalue weighted by Gasteiger charge is -2.10. The van der Waals surface area contributed by atoms with Crippen molar-refractivity contribution in [2.45, 2.75) is 32.2 Å². The molecule has 0 radical (unpaired) electrons. The summed E-state index contributed by atoms with van der Waals surface area (Å²) in [7, 11) is 0. The highest BCUT2D eigenvalue weighted by Crippen LogP contribution is 2.10. The largest absolute Gasteiger partial charge is 0.327 e. The highest BCUT2D eigenvalue weighted by molar-refractivity contribution is 4.99. The summed E-state index contributed by atoms with van der Waals surface area (Å²) in [6.07, 6.45) is 11.0. The molecule has 0 amide bonds. The molecule has 1 heteroatoms. The van der Waals surface area contributed by atoms with E-state index in [1.165, 1.54) is 0 Å². The first kappa shape index (κ1) is 12.2. The monoisotopic (exact) mass is 179 g/mol. The molecule has 2 N–H and O–H groups in total. The van der Waals surface area contributed by atoms with Gasteiger partial charge in [-0.25, -0.2) is 0 Å². The van der Waals surface area contributed by atoms with Gasteiger partial charge >= 0.3 is 0 Å². The minimum Gasteiger partial charge on any atom is -0.327 e. The van der Waals surface area contributed by atoms with Crippen molar-refractivity contribution in [3.8, 4) is 0 Å². The van der Waals surface area contributed by atoms with E-state index < -0.39 is 0 Å². The summed E-state index contributed by atoms with van der Waals surface area (Å²) < 4.78 is 0. The zero-order chi connectivity index (χ0) is 10.1. The van der Waals surface area contributed by atoms with Crippen LogP contribution in [0.3, 0.4) is 0 Å². The van der Waals surface area contributed by atoms with Crippen molar-refractivity contribution in [1.82, 2.24) is 0 Å². The molecule has 2 unspecified atom stereocenters. The van der Waals surface area contributed by atoms with E-state index in [-0.39, 0.29) is 6.04 Å². The topological polar surface area (TPSA) is 26.0 Å². The van der Waals surface area contributed by atoms with Gasteiger partial charge in [0.2, 0.25) is 0 Å². The number of nitrogens with two attached hydrogens (primary N) is 1. The van der Waals surface area contributed by atoms with Crippen LogP contribution in [0, 0.1) is 5.92 Å². The fourth-order valence-corrected chi connectivity index (χ4v) is 1.17. The normalized spacial score (nSPS) is 15.5. The van der Waals surface area contributed by atoms with Gasteiger partial charge < -0.3 is 5.73 Å². The summed E-state index contributed by atoms with van der Waals surface area (Å²) >= 11 is 0. The van der Waals surface area contributed by atoms with E-state index in [2.05, 4.69) is 26.2 Å². The fourth-order valence-electron chi connectivity index (χ4n) is 1.17. The maximum atomic E-state index is 5.85. The SMILES string of the molecule is C=C/C=C/C(C)CCC(N)CC=C. The Hall–Kier alpha value is -0.820. The zero-order valence-electron chi connectivity index (χ0n) is 8.58. The first-order valence-corrected chi connectivity index (χ1v) is 4.86. The predicted molar refractivity (Wildman–Crippen MR) is 60.5 cm³/mol. The van der Waals surface area contributed by atoms with Gasteiger partial charge in [0.25, 0.3) is 0 Å². The van der Waals surface area contributed by atoms with E-state index in [9.17, 15) is 0 Å². The molecule has 0 aliphatic carbocycles. The Morgan fingerprint density at radius 2 is 2.00 bits per heavy atom. The summed E-state index contributed by atoms with van der Waals surface area (Å²) in [5, 5.41) is 0. The second kappa shape index (κ2) is 7.81. The fraction of sp³-hybridized carbons (Fsp3) is 0.500. The summed E-state index contributed by atoms with van der Waals surface area (Å²) in [5.41, 5.74) is 5.85. The molecule has 13 heavy (non-hydrogen) atoms. The van der Waals surface area contributed by atoms with Gasteiger partial charge in [-0.05, 0) is 25.2 Å². The van der Waals surface area contributed by atoms with Crippen molar-refractivity contribution in [1.29, 1.82) is 0 Å². The van der Waals surface area contributed by atoms with Crippen molar-refractivity contribution in [3.05, 3.63) is 37.5 Å². The van der Waals surface area contributed by atoms with Crippen molar-refractivity contribution >= 4 is 0 Å². The van der Waals surface area contributed by atoms with Crippen LogP contribution in [0.4, 0.5) is 0 Å². The lowest BCUT2D eigenvalue weighted by molar-refractivity contribution is 0.529. The molecule has 0 aliphatic heterocycles. The van der Waals surface area contributed by atoms with E-state index in [0.29, 0.717) is 5.92 Å². The summed E-state index contributed by atoms with van der Waals surface area (Å²) in [4.78, 5) is 0. The van der Waals surface area contributed by atoms with Crippen molar-refractivity contribution in [3.63, 3.8) is 0 Å². The Kier molecular flexibility index (Phi) is 7.32. The Labute approximate surface area is 82.0 Å². The molecule has 0 spiro atoms. The van der Waals surface area contributed by atoms with Crippen LogP contribution in [0.25, 0.3) is 0 Å². The van der Waals surface area contributed by atoms with Gasteiger partial charge in [0.15, 0.2) is 0 Å². The molecule has 0 saturated carbocycles. The highest BCUT2D eigenvalue weighted by Gasteiger charge is 2.02. The van der Waals surface area contributed by atoms with Gasteiger partial charge in [-0.1, -0.05) is 37.8 Å². The van der Waals surface area contributed by atoms with E-state index in [1.807, 2.05) is 12.2 Å². The predicted octanol–water partition coefficient (Wildman–Crippen LogP) is 3.05. The molecule has 0 bridgehead atoms. The molecule has 0 fully saturated rings. The number of hydrogen-bond acceptors (Lipinski definition) is 1. The third kappa shape index (κ3) is 7.54. The smallest absolute Gasteiger partial charge is 0.00735 e. The van der Waals surface area contributed by atoms with Crippen LogP contribution in [-0.4, -0.2) is 6.04 Å². The van der Waals surface area contributed by atoms with E-state index in [4.69, 9.17) is 5.73 Å². The van der Waals surface area contributed by atoms with Crippen molar-refractivity contribution in [2.75, 3.05) is 0 Å². The first-order valence-electron chi connectivity index (χ1n) is 4.86. The second-order valence-corrected chi connectivity index (χ2v) is 3.46. The standard InChI is InChI=1S/C12H21N/c1-4-6-8-11(3)9-10-12(13)7-5-2/h4-6,8,11-12H,1-2,7,9-10,13H2,3H3/b8-6+. The summed E-state index contributed by atoms with van der Waals surface area (Å²) in [6.45, 7) is 9.50. The highest BCUT2D eigenvalue weighted by atomic mass is 14.6. The van der Waals surface area contributed by atoms with Gasteiger partial charge in [0.1, 0.15) is 0 Å². The minimum absolute atomic E-state index is 0.275. The third-order valence-corrected chi connectivity index (χ3v) is 2.04. The Balaban J connectivity index is 3.55. The minimum atomic E-state index is 0.275. The van der Waals surface area contributed by atoms with Gasteiger partial charge in [-0.2, -0.15) is 0 Å². The van der Waals surface area contributed by atoms with Crippen molar-refractivity contribution < 1.29 is 0 Å². The third-order valence-electron chi connectivity index (χ3n) is 2.04. The number of allylic oxidation sites excluding steroid dienone is 3. The molecule has 0 aliphatic rings. The van der Waals surface area contributed by atoms with E-state index in [1.54, 1.807) is 6.08 Å². The van der Waals surface area contributed by atoms with Crippen LogP contribution in [0.15, 0.2) is 37.5 Å². The number of hydrogen-bond donors (Lipinski definition) is 1. The zero-order valence-corrected chi connectivity index (χ0v) is 8.58. The van der Waals surface area contributed by atoms with Crippen LogP contribution >= 0.6 is 0 Å². The van der Waals surface area contributed by atoms with Crippen LogP contribution in [0.2, 0.25) is 0 Å². The molecule has 74 valence electrons. The molecular weight excluding hydrogens is 158 g/mol. The quantitative estimate of drug-likeness (QED) is 0.472. The molecule has 1 nitrogen and oxygen atoms in total. The first-order chi connectivity index (χ1) is 6.20. The Bertz CT molecular complexity index is 170. The molecule has 0 aromatic rings. The molecule has 0 aromatic heterocycles. The maximum absolute atomic E-state index is 5.85. The molecule has 0 heterocycles. The number of rotatable bonds is 7. The van der Waals surface area contributed by atoms with Crippen LogP contribution < -0.4 is 5.73 Å². The molecular formula is C12H21N. The lowest BCUT2D eigenvalue weighted by Crippen LogP contribution is -2.19. The molecule has 2 atom stereocenters. The Morgan fingerprint density at radius 1 is 1.31 bits per heavy atom. The van der Waals surface area contributed by atoms with Gasteiger partial charge in [-0.15, -0.1) is 6.58 Å². The average Bonchev–Trinajstić information content (AvgIpc) is 2.12. The lowest BCUT2D eigenvalue weighted by atomic mass is 10.00. The van der Waals surface area contributed by atoms with Gasteiger partial charge in [-0.3, -0.25) is 0 Å².